The van der Waals surface area contributed by atoms with Gasteiger partial charge in [-0.15, -0.1) is 0 Å². The summed E-state index contributed by atoms with van der Waals surface area (Å²) in [7, 11) is 1.52. The minimum Gasteiger partial charge on any atom is -0.396 e. The molecule has 0 aromatic carbocycles. The van der Waals surface area contributed by atoms with Crippen LogP contribution in [0.2, 0.25) is 0 Å². The molecule has 0 amide bonds. The van der Waals surface area contributed by atoms with Gasteiger partial charge in [0, 0.05) is 7.05 Å². The van der Waals surface area contributed by atoms with E-state index in [0.29, 0.717) is 11.5 Å². The minimum atomic E-state index is -2.40. The van der Waals surface area contributed by atoms with Crippen LogP contribution < -0.4 is 16.4 Å². The third-order valence-corrected chi connectivity index (χ3v) is 1.75. The molecule has 0 bridgehead atoms. The third-order valence-electron chi connectivity index (χ3n) is 1.75. The molecule has 0 aliphatic heterocycles. The Bertz CT molecular complexity index is 316. The highest BCUT2D eigenvalue weighted by Crippen LogP contribution is 2.17. The fourth-order valence-corrected chi connectivity index (χ4v) is 0.988. The lowest BCUT2D eigenvalue weighted by Gasteiger charge is -2.17. The smallest absolute Gasteiger partial charge is 0.255 e. The van der Waals surface area contributed by atoms with Crippen LogP contribution in [0, 0.1) is 0 Å². The van der Waals surface area contributed by atoms with Crippen molar-refractivity contribution in [3.05, 3.63) is 12.1 Å². The average molecular weight is 202 g/mol. The van der Waals surface area contributed by atoms with E-state index < -0.39 is 6.43 Å². The van der Waals surface area contributed by atoms with Crippen molar-refractivity contribution < 1.29 is 8.78 Å². The summed E-state index contributed by atoms with van der Waals surface area (Å²) in [5.74, 6) is 0.542. The van der Waals surface area contributed by atoms with Gasteiger partial charge < -0.3 is 16.4 Å². The molecule has 1 aromatic rings. The van der Waals surface area contributed by atoms with Crippen molar-refractivity contribution in [3.63, 3.8) is 0 Å². The van der Waals surface area contributed by atoms with Gasteiger partial charge in [0.2, 0.25) is 0 Å². The molecule has 1 aromatic heterocycles. The van der Waals surface area contributed by atoms with Gasteiger partial charge in [0.25, 0.3) is 6.43 Å². The SMILES string of the molecule is CN(CC(F)F)c1ccc(N)c(N)n1. The van der Waals surface area contributed by atoms with Crippen molar-refractivity contribution in [2.75, 3.05) is 30.0 Å². The molecule has 14 heavy (non-hydrogen) atoms. The highest BCUT2D eigenvalue weighted by molar-refractivity contribution is 5.61. The Morgan fingerprint density at radius 2 is 2.07 bits per heavy atom. The second-order valence-electron chi connectivity index (χ2n) is 2.92. The van der Waals surface area contributed by atoms with Crippen LogP contribution in [0.4, 0.5) is 26.1 Å². The maximum atomic E-state index is 12.0. The number of nitrogen functional groups attached to an aromatic ring is 2. The highest BCUT2D eigenvalue weighted by Gasteiger charge is 2.10. The number of pyridine rings is 1. The van der Waals surface area contributed by atoms with E-state index in [-0.39, 0.29) is 12.4 Å². The summed E-state index contributed by atoms with van der Waals surface area (Å²) in [6, 6.07) is 3.09. The second-order valence-corrected chi connectivity index (χ2v) is 2.92. The summed E-state index contributed by atoms with van der Waals surface area (Å²) >= 11 is 0. The van der Waals surface area contributed by atoms with E-state index in [2.05, 4.69) is 4.98 Å². The van der Waals surface area contributed by atoms with E-state index >= 15 is 0 Å². The Hall–Kier alpha value is -1.59. The first-order chi connectivity index (χ1) is 6.50. The van der Waals surface area contributed by atoms with E-state index in [1.165, 1.54) is 11.9 Å². The van der Waals surface area contributed by atoms with E-state index in [1.807, 2.05) is 0 Å². The first-order valence-corrected chi connectivity index (χ1v) is 4.02. The van der Waals surface area contributed by atoms with E-state index in [1.54, 1.807) is 12.1 Å². The Morgan fingerprint density at radius 3 is 2.57 bits per heavy atom. The molecule has 0 aliphatic carbocycles. The summed E-state index contributed by atoms with van der Waals surface area (Å²) in [5.41, 5.74) is 11.2. The van der Waals surface area contributed by atoms with Crippen LogP contribution >= 0.6 is 0 Å². The Labute approximate surface area is 80.5 Å². The summed E-state index contributed by atoms with van der Waals surface area (Å²) < 4.78 is 24.1. The first kappa shape index (κ1) is 10.5. The molecule has 4 N–H and O–H groups in total. The molecule has 1 heterocycles. The van der Waals surface area contributed by atoms with Gasteiger partial charge in [0.15, 0.2) is 0 Å². The summed E-state index contributed by atoms with van der Waals surface area (Å²) in [5, 5.41) is 0. The van der Waals surface area contributed by atoms with Gasteiger partial charge in [-0.1, -0.05) is 0 Å². The highest BCUT2D eigenvalue weighted by atomic mass is 19.3. The third kappa shape index (κ3) is 2.45. The number of aromatic nitrogens is 1. The van der Waals surface area contributed by atoms with Gasteiger partial charge in [-0.2, -0.15) is 0 Å². The number of rotatable bonds is 3. The molecule has 0 atom stereocenters. The Balaban J connectivity index is 2.80. The van der Waals surface area contributed by atoms with E-state index in [4.69, 9.17) is 11.5 Å². The molecule has 0 aliphatic rings. The van der Waals surface area contributed by atoms with Gasteiger partial charge in [0.05, 0.1) is 12.2 Å². The monoisotopic (exact) mass is 202 g/mol. The average Bonchev–Trinajstić information content (AvgIpc) is 2.08. The van der Waals surface area contributed by atoms with Crippen molar-refractivity contribution in [3.8, 4) is 0 Å². The zero-order valence-corrected chi connectivity index (χ0v) is 7.74. The van der Waals surface area contributed by atoms with Gasteiger partial charge in [-0.25, -0.2) is 13.8 Å². The van der Waals surface area contributed by atoms with Crippen molar-refractivity contribution in [1.82, 2.24) is 4.98 Å². The van der Waals surface area contributed by atoms with E-state index in [9.17, 15) is 8.78 Å². The number of anilines is 3. The first-order valence-electron chi connectivity index (χ1n) is 4.02. The van der Waals surface area contributed by atoms with Gasteiger partial charge >= 0.3 is 0 Å². The Kier molecular flexibility index (Phi) is 3.06. The standard InChI is InChI=1S/C8H12F2N4/c1-14(4-6(9)10)7-3-2-5(11)8(12)13-7/h2-3,6H,4,11H2,1H3,(H2,12,13). The van der Waals surface area contributed by atoms with Crippen molar-refractivity contribution in [1.29, 1.82) is 0 Å². The molecular formula is C8H12F2N4. The van der Waals surface area contributed by atoms with Crippen LogP contribution in [-0.4, -0.2) is 25.0 Å². The number of nitrogens with zero attached hydrogens (tertiary/aromatic N) is 2. The zero-order valence-electron chi connectivity index (χ0n) is 7.74. The number of alkyl halides is 2. The van der Waals surface area contributed by atoms with Crippen molar-refractivity contribution in [2.45, 2.75) is 6.43 Å². The maximum Gasteiger partial charge on any atom is 0.255 e. The van der Waals surface area contributed by atoms with Crippen LogP contribution in [0.3, 0.4) is 0 Å². The van der Waals surface area contributed by atoms with Gasteiger partial charge in [-0.05, 0) is 12.1 Å². The molecule has 0 spiro atoms. The van der Waals surface area contributed by atoms with Crippen LogP contribution in [-0.2, 0) is 0 Å². The normalized spacial score (nSPS) is 10.6. The molecule has 0 saturated heterocycles. The fourth-order valence-electron chi connectivity index (χ4n) is 0.988. The topological polar surface area (TPSA) is 68.2 Å². The molecular weight excluding hydrogens is 190 g/mol. The molecule has 0 saturated carbocycles. The molecule has 78 valence electrons. The summed E-state index contributed by atoms with van der Waals surface area (Å²) in [6.07, 6.45) is -2.40. The number of nitrogens with two attached hydrogens (primary N) is 2. The summed E-state index contributed by atoms with van der Waals surface area (Å²) in [4.78, 5) is 5.19. The number of hydrogen-bond acceptors (Lipinski definition) is 4. The molecule has 4 nitrogen and oxygen atoms in total. The van der Waals surface area contributed by atoms with Gasteiger partial charge in [-0.3, -0.25) is 0 Å². The van der Waals surface area contributed by atoms with Crippen LogP contribution in [0.5, 0.6) is 0 Å². The minimum absolute atomic E-state index is 0.156. The van der Waals surface area contributed by atoms with E-state index in [0.717, 1.165) is 0 Å². The maximum absolute atomic E-state index is 12.0. The van der Waals surface area contributed by atoms with Crippen molar-refractivity contribution >= 4 is 17.3 Å². The lowest BCUT2D eigenvalue weighted by molar-refractivity contribution is 0.156. The zero-order chi connectivity index (χ0) is 10.7. The number of hydrogen-bond donors (Lipinski definition) is 2. The molecule has 1 rings (SSSR count). The lowest BCUT2D eigenvalue weighted by Crippen LogP contribution is -2.25. The Morgan fingerprint density at radius 1 is 1.43 bits per heavy atom. The lowest BCUT2D eigenvalue weighted by atomic mass is 10.3. The molecule has 6 heteroatoms. The number of halogens is 2. The van der Waals surface area contributed by atoms with Gasteiger partial charge in [0.1, 0.15) is 11.6 Å². The second kappa shape index (κ2) is 4.08. The predicted molar refractivity (Wildman–Crippen MR) is 52.3 cm³/mol. The van der Waals surface area contributed by atoms with Crippen LogP contribution in [0.25, 0.3) is 0 Å². The van der Waals surface area contributed by atoms with Crippen LogP contribution in [0.15, 0.2) is 12.1 Å². The quantitative estimate of drug-likeness (QED) is 0.765. The molecule has 0 unspecified atom stereocenters. The molecule has 0 radical (unpaired) electrons. The summed E-state index contributed by atoms with van der Waals surface area (Å²) in [6.45, 7) is -0.379. The van der Waals surface area contributed by atoms with Crippen LogP contribution in [0.1, 0.15) is 0 Å². The largest absolute Gasteiger partial charge is 0.396 e. The molecule has 0 fully saturated rings. The predicted octanol–water partition coefficient (Wildman–Crippen LogP) is 0.947. The van der Waals surface area contributed by atoms with Crippen molar-refractivity contribution in [2.24, 2.45) is 0 Å². The fraction of sp³-hybridized carbons (Fsp3) is 0.375.